The number of ketones is 1. The first-order valence-corrected chi connectivity index (χ1v) is 19.8. The fraction of sp³-hybridized carbons (Fsp3) is 0.400. The van der Waals surface area contributed by atoms with Gasteiger partial charge in [-0.3, -0.25) is 14.2 Å². The number of alkyl halides is 4. The summed E-state index contributed by atoms with van der Waals surface area (Å²) >= 11 is 0. The first kappa shape index (κ1) is 39.2. The van der Waals surface area contributed by atoms with Gasteiger partial charge >= 0.3 is 0 Å². The van der Waals surface area contributed by atoms with E-state index >= 15 is 8.78 Å². The standard InChI is InChI=1S/C40H37F6N5O4S/c1-20-6-8-28(36-32(20)31(48-50(36)4)19-56(5,54)55)27-9-7-25(10-11-39(2,3)53)47-34(27)22(12-21-13-23(41)16-24(42)14-21)15-26(52)18-51-37-33(35(49-51)38(43)44)29-17-30(29)40(37,45)46/h6-9,13-14,16,22,29-30,38,53H,12,15,17-19H2,1-5H3/t22-,29+,30-/m1/s1. The highest BCUT2D eigenvalue weighted by atomic mass is 32.2. The molecule has 2 aliphatic carbocycles. The summed E-state index contributed by atoms with van der Waals surface area (Å²) in [5.41, 5.74) is -0.137. The highest BCUT2D eigenvalue weighted by Gasteiger charge is 2.67. The van der Waals surface area contributed by atoms with E-state index in [1.807, 2.05) is 0 Å². The van der Waals surface area contributed by atoms with Crippen LogP contribution in [-0.2, 0) is 46.3 Å². The van der Waals surface area contributed by atoms with Crippen molar-refractivity contribution in [3.05, 3.63) is 99.3 Å². The Hall–Kier alpha value is -5.01. The second-order valence-electron chi connectivity index (χ2n) is 15.3. The highest BCUT2D eigenvalue weighted by Crippen LogP contribution is 2.68. The average molecular weight is 798 g/mol. The number of rotatable bonds is 11. The van der Waals surface area contributed by atoms with E-state index in [2.05, 4.69) is 22.0 Å². The Morgan fingerprint density at radius 2 is 1.73 bits per heavy atom. The maximum atomic E-state index is 15.4. The molecule has 0 radical (unpaired) electrons. The Kier molecular flexibility index (Phi) is 9.72. The van der Waals surface area contributed by atoms with Gasteiger partial charge in [0.2, 0.25) is 0 Å². The van der Waals surface area contributed by atoms with Crippen LogP contribution in [0.15, 0.2) is 42.5 Å². The van der Waals surface area contributed by atoms with Crippen molar-refractivity contribution in [2.45, 2.75) is 82.1 Å². The third kappa shape index (κ3) is 7.58. The lowest BCUT2D eigenvalue weighted by Crippen LogP contribution is -2.24. The number of hydrogen-bond donors (Lipinski definition) is 1. The zero-order valence-corrected chi connectivity index (χ0v) is 31.8. The SMILES string of the molecule is Cc1ccc(-c2ccc(C#CC(C)(C)O)nc2[C@@H](CC(=O)Cn2nc(C(F)F)c3c2C(F)(F)[C@@H]2C[C@H]32)Cc2cc(F)cc(F)c2)c2c1c(CS(C)(=O)=O)nn2C. The minimum absolute atomic E-state index is 0.0471. The number of nitrogens with zero attached hydrogens (tertiary/aromatic N) is 5. The lowest BCUT2D eigenvalue weighted by atomic mass is 9.86. The van der Waals surface area contributed by atoms with Crippen LogP contribution in [-0.4, -0.2) is 55.7 Å². The van der Waals surface area contributed by atoms with Gasteiger partial charge < -0.3 is 5.11 Å². The van der Waals surface area contributed by atoms with Crippen molar-refractivity contribution < 1.29 is 44.7 Å². The molecule has 294 valence electrons. The zero-order chi connectivity index (χ0) is 40.6. The number of halogens is 6. The van der Waals surface area contributed by atoms with Gasteiger partial charge in [0.25, 0.3) is 12.3 Å². The molecular weight excluding hydrogens is 761 g/mol. The van der Waals surface area contributed by atoms with E-state index in [0.29, 0.717) is 38.5 Å². The van der Waals surface area contributed by atoms with Gasteiger partial charge in [-0.1, -0.05) is 18.1 Å². The van der Waals surface area contributed by atoms with E-state index in [9.17, 15) is 35.9 Å². The third-order valence-corrected chi connectivity index (χ3v) is 10.9. The molecule has 0 unspecified atom stereocenters. The van der Waals surface area contributed by atoms with Gasteiger partial charge in [0.15, 0.2) is 15.6 Å². The number of aromatic nitrogens is 5. The summed E-state index contributed by atoms with van der Waals surface area (Å²) in [6.45, 7) is 3.95. The van der Waals surface area contributed by atoms with Crippen LogP contribution in [0.3, 0.4) is 0 Å². The number of aliphatic hydroxyl groups is 1. The van der Waals surface area contributed by atoms with Gasteiger partial charge in [-0.2, -0.15) is 19.0 Å². The van der Waals surface area contributed by atoms with Gasteiger partial charge in [-0.05, 0) is 80.8 Å². The summed E-state index contributed by atoms with van der Waals surface area (Å²) in [4.78, 5) is 18.9. The molecule has 16 heteroatoms. The van der Waals surface area contributed by atoms with E-state index in [-0.39, 0.29) is 41.1 Å². The van der Waals surface area contributed by atoms with Crippen molar-refractivity contribution in [3.63, 3.8) is 0 Å². The lowest BCUT2D eigenvalue weighted by Gasteiger charge is -2.22. The summed E-state index contributed by atoms with van der Waals surface area (Å²) in [6.07, 6.45) is -2.65. The van der Waals surface area contributed by atoms with E-state index in [0.717, 1.165) is 24.0 Å². The summed E-state index contributed by atoms with van der Waals surface area (Å²) in [6, 6.07) is 9.62. The van der Waals surface area contributed by atoms with Gasteiger partial charge in [0, 0.05) is 59.7 Å². The number of benzene rings is 2. The van der Waals surface area contributed by atoms with Crippen LogP contribution in [0.25, 0.3) is 22.0 Å². The van der Waals surface area contributed by atoms with Crippen LogP contribution < -0.4 is 0 Å². The second-order valence-corrected chi connectivity index (χ2v) is 17.5. The number of Topliss-reactive ketones (excluding diaryl/α,β-unsaturated/α-hetero) is 1. The molecule has 0 aliphatic heterocycles. The Morgan fingerprint density at radius 1 is 1.05 bits per heavy atom. The molecule has 1 saturated carbocycles. The summed E-state index contributed by atoms with van der Waals surface area (Å²) in [7, 11) is -1.87. The predicted molar refractivity (Wildman–Crippen MR) is 195 cm³/mol. The minimum Gasteiger partial charge on any atom is -0.378 e. The van der Waals surface area contributed by atoms with Crippen molar-refractivity contribution in [1.29, 1.82) is 0 Å². The van der Waals surface area contributed by atoms with Crippen LogP contribution in [0.1, 0.15) is 90.1 Å². The molecule has 3 atom stereocenters. The smallest absolute Gasteiger partial charge is 0.293 e. The number of hydrogen-bond acceptors (Lipinski definition) is 7. The number of sulfone groups is 1. The molecule has 3 aromatic heterocycles. The minimum atomic E-state index is -3.51. The maximum absolute atomic E-state index is 15.4. The molecular formula is C40H37F6N5O4S. The van der Waals surface area contributed by atoms with Crippen molar-refractivity contribution in [2.75, 3.05) is 6.26 Å². The van der Waals surface area contributed by atoms with E-state index in [1.165, 1.54) is 18.5 Å². The van der Waals surface area contributed by atoms with Crippen molar-refractivity contribution in [1.82, 2.24) is 24.5 Å². The Morgan fingerprint density at radius 3 is 2.38 bits per heavy atom. The Bertz CT molecular complexity index is 2580. The molecule has 2 aromatic carbocycles. The number of carbonyl (C=O) groups is 1. The van der Waals surface area contributed by atoms with Crippen molar-refractivity contribution >= 4 is 26.5 Å². The first-order valence-electron chi connectivity index (χ1n) is 17.7. The quantitative estimate of drug-likeness (QED) is 0.111. The molecule has 1 fully saturated rings. The van der Waals surface area contributed by atoms with Crippen LogP contribution in [0, 0.1) is 36.3 Å². The first-order chi connectivity index (χ1) is 26.1. The summed E-state index contributed by atoms with van der Waals surface area (Å²) < 4.78 is 115. The fourth-order valence-corrected chi connectivity index (χ4v) is 8.60. The largest absolute Gasteiger partial charge is 0.378 e. The molecule has 56 heavy (non-hydrogen) atoms. The second kappa shape index (κ2) is 13.9. The van der Waals surface area contributed by atoms with Gasteiger partial charge in [-0.15, -0.1) is 0 Å². The van der Waals surface area contributed by atoms with Gasteiger partial charge in [-0.25, -0.2) is 31.0 Å². The van der Waals surface area contributed by atoms with Crippen molar-refractivity contribution in [3.8, 4) is 23.0 Å². The van der Waals surface area contributed by atoms with Crippen LogP contribution in [0.4, 0.5) is 26.3 Å². The van der Waals surface area contributed by atoms with Crippen molar-refractivity contribution in [2.24, 2.45) is 13.0 Å². The number of fused-ring (bicyclic) bond motifs is 4. The normalized spacial score (nSPS) is 17.8. The van der Waals surface area contributed by atoms with Gasteiger partial charge in [0.1, 0.15) is 40.9 Å². The van der Waals surface area contributed by atoms with E-state index in [4.69, 9.17) is 4.98 Å². The molecule has 1 N–H and O–H groups in total. The number of aryl methyl sites for hydroxylation is 2. The molecule has 2 aliphatic rings. The molecule has 5 aromatic rings. The molecule has 0 saturated heterocycles. The molecule has 7 rings (SSSR count). The molecule has 0 spiro atoms. The zero-order valence-electron chi connectivity index (χ0n) is 31.0. The Balaban J connectivity index is 1.39. The topological polar surface area (TPSA) is 120 Å². The van der Waals surface area contributed by atoms with E-state index in [1.54, 1.807) is 38.2 Å². The molecule has 3 heterocycles. The van der Waals surface area contributed by atoms with Crippen LogP contribution in [0.5, 0.6) is 0 Å². The van der Waals surface area contributed by atoms with E-state index < -0.39 is 87.3 Å². The molecule has 0 amide bonds. The summed E-state index contributed by atoms with van der Waals surface area (Å²) in [5.74, 6) is -3.70. The average Bonchev–Trinajstić information content (AvgIpc) is 3.62. The van der Waals surface area contributed by atoms with Gasteiger partial charge in [0.05, 0.1) is 22.7 Å². The number of pyridine rings is 1. The fourth-order valence-electron chi connectivity index (χ4n) is 7.90. The highest BCUT2D eigenvalue weighted by molar-refractivity contribution is 7.89. The molecule has 0 bridgehead atoms. The lowest BCUT2D eigenvalue weighted by molar-refractivity contribution is -0.120. The number of carbonyl (C=O) groups excluding carboxylic acids is 1. The predicted octanol–water partition coefficient (Wildman–Crippen LogP) is 7.22. The monoisotopic (exact) mass is 797 g/mol. The third-order valence-electron chi connectivity index (χ3n) is 10.1. The summed E-state index contributed by atoms with van der Waals surface area (Å²) in [5, 5.41) is 19.2. The van der Waals surface area contributed by atoms with Crippen LogP contribution in [0.2, 0.25) is 0 Å². The maximum Gasteiger partial charge on any atom is 0.293 e. The Labute approximate surface area is 318 Å². The van der Waals surface area contributed by atoms with Crippen LogP contribution >= 0.6 is 0 Å². The molecule has 9 nitrogen and oxygen atoms in total.